The summed E-state index contributed by atoms with van der Waals surface area (Å²) in [5.74, 6) is 1.79. The molecule has 2 aromatic rings. The van der Waals surface area contributed by atoms with Crippen LogP contribution in [0.15, 0.2) is 36.4 Å². The number of cyclic esters (lactones) is 2. The number of fused-ring (bicyclic) bond motifs is 2. The van der Waals surface area contributed by atoms with E-state index in [1.54, 1.807) is 9.80 Å². The molecule has 2 atom stereocenters. The minimum atomic E-state index is -0.259. The molecule has 8 heteroatoms. The highest BCUT2D eigenvalue weighted by Gasteiger charge is 2.34. The van der Waals surface area contributed by atoms with Crippen molar-refractivity contribution in [2.24, 2.45) is 0 Å². The zero-order valence-corrected chi connectivity index (χ0v) is 19.6. The van der Waals surface area contributed by atoms with Gasteiger partial charge in [-0.2, -0.15) is 0 Å². The minimum Gasteiger partial charge on any atom is -0.470 e. The smallest absolute Gasteiger partial charge is 0.412 e. The van der Waals surface area contributed by atoms with Crippen LogP contribution in [0.3, 0.4) is 0 Å². The fourth-order valence-electron chi connectivity index (χ4n) is 4.78. The third-order valence-corrected chi connectivity index (χ3v) is 6.56. The highest BCUT2D eigenvalue weighted by molar-refractivity contribution is 5.70. The maximum atomic E-state index is 11.5. The summed E-state index contributed by atoms with van der Waals surface area (Å²) in [6.45, 7) is 6.35. The summed E-state index contributed by atoms with van der Waals surface area (Å²) < 4.78 is 21.6. The Kier molecular flexibility index (Phi) is 6.22. The van der Waals surface area contributed by atoms with Crippen LogP contribution in [-0.4, -0.2) is 60.7 Å². The first-order chi connectivity index (χ1) is 16.5. The Morgan fingerprint density at radius 2 is 1.15 bits per heavy atom. The van der Waals surface area contributed by atoms with E-state index in [1.165, 1.54) is 22.3 Å². The number of benzene rings is 2. The molecule has 2 aromatic carbocycles. The first-order valence-corrected chi connectivity index (χ1v) is 11.9. The van der Waals surface area contributed by atoms with Crippen molar-refractivity contribution >= 4 is 12.2 Å². The molecule has 8 nitrogen and oxygen atoms in total. The predicted molar refractivity (Wildman–Crippen MR) is 124 cm³/mol. The molecule has 0 saturated carbocycles. The van der Waals surface area contributed by atoms with E-state index in [1.807, 2.05) is 24.3 Å². The molecule has 0 aliphatic carbocycles. The number of nitrogens with zero attached hydrogens (tertiary/aromatic N) is 2. The summed E-state index contributed by atoms with van der Waals surface area (Å²) in [5.41, 5.74) is 4.94. The molecular formula is C26H30N2O6. The predicted octanol–water partition coefficient (Wildman–Crippen LogP) is 4.20. The van der Waals surface area contributed by atoms with Gasteiger partial charge in [-0.15, -0.1) is 0 Å². The summed E-state index contributed by atoms with van der Waals surface area (Å²) in [7, 11) is 0. The molecule has 4 aliphatic heterocycles. The fraction of sp³-hybridized carbons (Fsp3) is 0.462. The van der Waals surface area contributed by atoms with E-state index in [9.17, 15) is 9.59 Å². The zero-order valence-electron chi connectivity index (χ0n) is 19.6. The maximum Gasteiger partial charge on any atom is 0.412 e. The van der Waals surface area contributed by atoms with E-state index < -0.39 is 0 Å². The molecule has 0 unspecified atom stereocenters. The van der Waals surface area contributed by atoms with E-state index >= 15 is 0 Å². The molecule has 0 bridgehead atoms. The SMILES string of the molecule is Cc1ccc2c(c1)CC[C@H](N1CCOC1=O)O2.Cc1ccc2c(c1)CC[C@H](N1CCOC1=O)O2. The molecule has 6 rings (SSSR count). The maximum absolute atomic E-state index is 11.5. The van der Waals surface area contributed by atoms with Gasteiger partial charge in [-0.25, -0.2) is 9.59 Å². The lowest BCUT2D eigenvalue weighted by Crippen LogP contribution is -2.42. The second-order valence-corrected chi connectivity index (χ2v) is 9.06. The molecule has 0 N–H and O–H groups in total. The van der Waals surface area contributed by atoms with Gasteiger partial charge in [0.15, 0.2) is 12.5 Å². The standard InChI is InChI=1S/2C13H15NO3/c2*1-9-2-4-11-10(8-9)3-5-12(17-11)14-6-7-16-13(14)15/h2*2,4,8,12H,3,5-7H2,1H3/t2*12-/m11/s1. The highest BCUT2D eigenvalue weighted by Crippen LogP contribution is 2.31. The van der Waals surface area contributed by atoms with Crippen molar-refractivity contribution in [1.29, 1.82) is 0 Å². The van der Waals surface area contributed by atoms with Gasteiger partial charge in [0.1, 0.15) is 24.7 Å². The van der Waals surface area contributed by atoms with Crippen LogP contribution in [0.5, 0.6) is 11.5 Å². The van der Waals surface area contributed by atoms with Crippen molar-refractivity contribution in [1.82, 2.24) is 9.80 Å². The van der Waals surface area contributed by atoms with Crippen molar-refractivity contribution in [2.45, 2.75) is 52.0 Å². The van der Waals surface area contributed by atoms with Crippen LogP contribution in [-0.2, 0) is 22.3 Å². The van der Waals surface area contributed by atoms with Gasteiger partial charge in [0, 0.05) is 12.8 Å². The van der Waals surface area contributed by atoms with Crippen molar-refractivity contribution in [3.63, 3.8) is 0 Å². The Balaban J connectivity index is 0.000000142. The van der Waals surface area contributed by atoms with Crippen LogP contribution in [0.1, 0.15) is 35.1 Å². The summed E-state index contributed by atoms with van der Waals surface area (Å²) in [4.78, 5) is 26.3. The highest BCUT2D eigenvalue weighted by atomic mass is 16.6. The van der Waals surface area contributed by atoms with Gasteiger partial charge in [0.2, 0.25) is 0 Å². The van der Waals surface area contributed by atoms with E-state index in [0.29, 0.717) is 26.3 Å². The van der Waals surface area contributed by atoms with Crippen LogP contribution in [0, 0.1) is 13.8 Å². The number of ether oxygens (including phenoxy) is 4. The van der Waals surface area contributed by atoms with Crippen LogP contribution in [0.4, 0.5) is 9.59 Å². The van der Waals surface area contributed by atoms with E-state index in [4.69, 9.17) is 18.9 Å². The second-order valence-electron chi connectivity index (χ2n) is 9.06. The number of rotatable bonds is 2. The monoisotopic (exact) mass is 466 g/mol. The van der Waals surface area contributed by atoms with Crippen LogP contribution < -0.4 is 9.47 Å². The lowest BCUT2D eigenvalue weighted by atomic mass is 10.0. The molecule has 0 spiro atoms. The van der Waals surface area contributed by atoms with Gasteiger partial charge >= 0.3 is 12.2 Å². The summed E-state index contributed by atoms with van der Waals surface area (Å²) >= 11 is 0. The first-order valence-electron chi connectivity index (χ1n) is 11.9. The number of carbonyl (C=O) groups excluding carboxylic acids is 2. The van der Waals surface area contributed by atoms with Gasteiger partial charge in [-0.3, -0.25) is 9.80 Å². The van der Waals surface area contributed by atoms with Crippen molar-refractivity contribution in [3.8, 4) is 11.5 Å². The van der Waals surface area contributed by atoms with Crippen molar-refractivity contribution in [3.05, 3.63) is 58.7 Å². The topological polar surface area (TPSA) is 77.5 Å². The summed E-state index contributed by atoms with van der Waals surface area (Å²) in [5, 5.41) is 0. The number of aryl methyl sites for hydroxylation is 4. The molecule has 34 heavy (non-hydrogen) atoms. The van der Waals surface area contributed by atoms with E-state index in [-0.39, 0.29) is 24.6 Å². The second kappa shape index (κ2) is 9.44. The molecule has 4 heterocycles. The number of carbonyl (C=O) groups is 2. The van der Waals surface area contributed by atoms with Crippen LogP contribution in [0.2, 0.25) is 0 Å². The lowest BCUT2D eigenvalue weighted by Gasteiger charge is -2.31. The Morgan fingerprint density at radius 3 is 1.53 bits per heavy atom. The van der Waals surface area contributed by atoms with Gasteiger partial charge in [0.25, 0.3) is 0 Å². The number of amides is 2. The molecule has 180 valence electrons. The van der Waals surface area contributed by atoms with Gasteiger partial charge in [0.05, 0.1) is 13.1 Å². The normalized spacial score (nSPS) is 23.0. The van der Waals surface area contributed by atoms with Gasteiger partial charge in [-0.1, -0.05) is 35.4 Å². The van der Waals surface area contributed by atoms with E-state index in [0.717, 1.165) is 37.2 Å². The Bertz CT molecular complexity index is 1000. The third-order valence-electron chi connectivity index (χ3n) is 6.56. The fourth-order valence-corrected chi connectivity index (χ4v) is 4.78. The van der Waals surface area contributed by atoms with Crippen molar-refractivity contribution < 1.29 is 28.5 Å². The third kappa shape index (κ3) is 4.62. The van der Waals surface area contributed by atoms with Crippen LogP contribution >= 0.6 is 0 Å². The molecule has 2 fully saturated rings. The summed E-state index contributed by atoms with van der Waals surface area (Å²) in [6, 6.07) is 12.3. The Hall–Kier alpha value is -3.42. The molecular weight excluding hydrogens is 436 g/mol. The molecule has 2 amide bonds. The first kappa shape index (κ1) is 22.4. The lowest BCUT2D eigenvalue weighted by molar-refractivity contribution is 0.0414. The average Bonchev–Trinajstić information content (AvgIpc) is 3.46. The summed E-state index contributed by atoms with van der Waals surface area (Å²) in [6.07, 6.45) is 2.73. The zero-order chi connectivity index (χ0) is 23.7. The number of hydrogen-bond donors (Lipinski definition) is 0. The Labute approximate surface area is 199 Å². The largest absolute Gasteiger partial charge is 0.470 e. The van der Waals surface area contributed by atoms with E-state index in [2.05, 4.69) is 26.0 Å². The molecule has 4 aliphatic rings. The minimum absolute atomic E-state index is 0.166. The Morgan fingerprint density at radius 1 is 0.706 bits per heavy atom. The van der Waals surface area contributed by atoms with Crippen LogP contribution in [0.25, 0.3) is 0 Å². The average molecular weight is 467 g/mol. The van der Waals surface area contributed by atoms with Gasteiger partial charge in [-0.05, 0) is 49.9 Å². The van der Waals surface area contributed by atoms with Gasteiger partial charge < -0.3 is 18.9 Å². The quantitative estimate of drug-likeness (QED) is 0.660. The molecule has 0 radical (unpaired) electrons. The number of hydrogen-bond acceptors (Lipinski definition) is 6. The molecule has 2 saturated heterocycles. The van der Waals surface area contributed by atoms with Crippen molar-refractivity contribution in [2.75, 3.05) is 26.3 Å². The molecule has 0 aromatic heterocycles.